The zero-order valence-electron chi connectivity index (χ0n) is 14.2. The molecule has 2 heterocycles. The van der Waals surface area contributed by atoms with Gasteiger partial charge in [0.2, 0.25) is 0 Å². The molecule has 0 bridgehead atoms. The Kier molecular flexibility index (Phi) is 4.92. The molecule has 1 aromatic carbocycles. The Labute approximate surface area is 145 Å². The number of halogens is 1. The molecule has 7 heteroatoms. The van der Waals surface area contributed by atoms with Gasteiger partial charge in [-0.05, 0) is 56.7 Å². The number of carbonyl (C=O) groups excluding carboxylic acids is 1. The highest BCUT2D eigenvalue weighted by molar-refractivity contribution is 5.92. The molecule has 25 heavy (non-hydrogen) atoms. The van der Waals surface area contributed by atoms with Crippen molar-refractivity contribution in [3.05, 3.63) is 65.5 Å². The maximum Gasteiger partial charge on any atom is 0.271 e. The van der Waals surface area contributed by atoms with Gasteiger partial charge in [0, 0.05) is 25.0 Å². The number of carbonyl (C=O) groups is 1. The van der Waals surface area contributed by atoms with E-state index in [0.717, 1.165) is 24.4 Å². The summed E-state index contributed by atoms with van der Waals surface area (Å²) in [6.45, 7) is 5.27. The second-order valence-electron chi connectivity index (χ2n) is 5.88. The number of amides is 1. The molecular formula is C18H20FN5O. The number of nitrogens with zero attached hydrogens (tertiary/aromatic N) is 4. The molecule has 0 spiro atoms. The highest BCUT2D eigenvalue weighted by Crippen LogP contribution is 2.09. The second-order valence-corrected chi connectivity index (χ2v) is 5.88. The summed E-state index contributed by atoms with van der Waals surface area (Å²) < 4.78 is 16.4. The van der Waals surface area contributed by atoms with Crippen LogP contribution in [0.25, 0.3) is 5.69 Å². The van der Waals surface area contributed by atoms with Crippen LogP contribution in [0.1, 0.15) is 28.3 Å². The lowest BCUT2D eigenvalue weighted by Gasteiger charge is -2.05. The van der Waals surface area contributed by atoms with E-state index in [9.17, 15) is 9.18 Å². The van der Waals surface area contributed by atoms with Gasteiger partial charge in [0.15, 0.2) is 5.69 Å². The standard InChI is InChI=1S/C18H20FN5O/c1-13-12-14(2)23(21-13)10-3-9-20-18(25)17-8-11-24(22-17)16-6-4-15(19)5-7-16/h4-8,11-12H,3,9-10H2,1-2H3,(H,20,25). The second kappa shape index (κ2) is 7.29. The average molecular weight is 341 g/mol. The number of hydrogen-bond acceptors (Lipinski definition) is 3. The minimum atomic E-state index is -0.309. The van der Waals surface area contributed by atoms with Crippen LogP contribution in [0.2, 0.25) is 0 Å². The summed E-state index contributed by atoms with van der Waals surface area (Å²) in [7, 11) is 0. The molecule has 0 saturated carbocycles. The summed E-state index contributed by atoms with van der Waals surface area (Å²) in [5, 5.41) is 11.5. The Bertz CT molecular complexity index is 866. The number of aromatic nitrogens is 4. The van der Waals surface area contributed by atoms with Crippen molar-refractivity contribution < 1.29 is 9.18 Å². The number of aryl methyl sites for hydroxylation is 3. The first kappa shape index (κ1) is 16.9. The summed E-state index contributed by atoms with van der Waals surface area (Å²) in [5.74, 6) is -0.536. The highest BCUT2D eigenvalue weighted by Gasteiger charge is 2.10. The molecule has 6 nitrogen and oxygen atoms in total. The highest BCUT2D eigenvalue weighted by atomic mass is 19.1. The smallest absolute Gasteiger partial charge is 0.271 e. The Morgan fingerprint density at radius 3 is 2.60 bits per heavy atom. The first-order valence-electron chi connectivity index (χ1n) is 8.14. The molecule has 3 rings (SSSR count). The molecule has 1 amide bonds. The molecular weight excluding hydrogens is 321 g/mol. The SMILES string of the molecule is Cc1cc(C)n(CCCNC(=O)c2ccn(-c3ccc(F)cc3)n2)n1. The lowest BCUT2D eigenvalue weighted by molar-refractivity contribution is 0.0947. The Hall–Kier alpha value is -2.96. The van der Waals surface area contributed by atoms with Gasteiger partial charge in [-0.1, -0.05) is 0 Å². The minimum absolute atomic E-state index is 0.228. The summed E-state index contributed by atoms with van der Waals surface area (Å²) >= 11 is 0. The average Bonchev–Trinajstić information content (AvgIpc) is 3.19. The van der Waals surface area contributed by atoms with Crippen molar-refractivity contribution in [2.75, 3.05) is 6.54 Å². The summed E-state index contributed by atoms with van der Waals surface area (Å²) in [6.07, 6.45) is 2.46. The molecule has 130 valence electrons. The van der Waals surface area contributed by atoms with Gasteiger partial charge in [0.05, 0.1) is 11.4 Å². The van der Waals surface area contributed by atoms with Crippen LogP contribution in [0.4, 0.5) is 4.39 Å². The van der Waals surface area contributed by atoms with E-state index in [1.54, 1.807) is 29.1 Å². The first-order chi connectivity index (χ1) is 12.0. The van der Waals surface area contributed by atoms with Gasteiger partial charge >= 0.3 is 0 Å². The molecule has 0 saturated heterocycles. The molecule has 0 radical (unpaired) electrons. The molecule has 0 aliphatic carbocycles. The zero-order chi connectivity index (χ0) is 17.8. The van der Waals surface area contributed by atoms with Crippen molar-refractivity contribution in [2.45, 2.75) is 26.8 Å². The maximum atomic E-state index is 13.0. The fourth-order valence-electron chi connectivity index (χ4n) is 2.61. The van der Waals surface area contributed by atoms with Gasteiger partial charge in [0.1, 0.15) is 5.82 Å². The maximum absolute atomic E-state index is 13.0. The van der Waals surface area contributed by atoms with Gasteiger partial charge in [-0.25, -0.2) is 9.07 Å². The Balaban J connectivity index is 1.52. The Morgan fingerprint density at radius 1 is 1.16 bits per heavy atom. The van der Waals surface area contributed by atoms with E-state index >= 15 is 0 Å². The van der Waals surface area contributed by atoms with Crippen molar-refractivity contribution in [3.8, 4) is 5.69 Å². The molecule has 3 aromatic rings. The predicted octanol–water partition coefficient (Wildman–Crippen LogP) is 2.64. The van der Waals surface area contributed by atoms with Crippen LogP contribution < -0.4 is 5.32 Å². The monoisotopic (exact) mass is 341 g/mol. The first-order valence-corrected chi connectivity index (χ1v) is 8.14. The van der Waals surface area contributed by atoms with Crippen molar-refractivity contribution in [2.24, 2.45) is 0 Å². The Morgan fingerprint density at radius 2 is 1.92 bits per heavy atom. The van der Waals surface area contributed by atoms with Gasteiger partial charge in [-0.15, -0.1) is 0 Å². The van der Waals surface area contributed by atoms with Crippen molar-refractivity contribution >= 4 is 5.91 Å². The minimum Gasteiger partial charge on any atom is -0.351 e. The van der Waals surface area contributed by atoms with E-state index in [0.29, 0.717) is 17.9 Å². The zero-order valence-corrected chi connectivity index (χ0v) is 14.2. The summed E-state index contributed by atoms with van der Waals surface area (Å²) in [6, 6.07) is 9.60. The van der Waals surface area contributed by atoms with Gasteiger partial charge in [0.25, 0.3) is 5.91 Å². The van der Waals surface area contributed by atoms with Crippen molar-refractivity contribution in [1.29, 1.82) is 0 Å². The van der Waals surface area contributed by atoms with Crippen LogP contribution in [0.15, 0.2) is 42.6 Å². The number of nitrogens with one attached hydrogen (secondary N) is 1. The third-order valence-corrected chi connectivity index (χ3v) is 3.85. The molecule has 0 aliphatic heterocycles. The van der Waals surface area contributed by atoms with E-state index < -0.39 is 0 Å². The number of benzene rings is 1. The molecule has 0 atom stereocenters. The topological polar surface area (TPSA) is 64.7 Å². The predicted molar refractivity (Wildman–Crippen MR) is 92.2 cm³/mol. The summed E-state index contributed by atoms with van der Waals surface area (Å²) in [5.41, 5.74) is 3.13. The van der Waals surface area contributed by atoms with E-state index in [-0.39, 0.29) is 11.7 Å². The van der Waals surface area contributed by atoms with Crippen LogP contribution in [0, 0.1) is 19.7 Å². The summed E-state index contributed by atoms with van der Waals surface area (Å²) in [4.78, 5) is 12.2. The van der Waals surface area contributed by atoms with E-state index in [2.05, 4.69) is 15.5 Å². The molecule has 0 fully saturated rings. The van der Waals surface area contributed by atoms with E-state index in [4.69, 9.17) is 0 Å². The quantitative estimate of drug-likeness (QED) is 0.701. The number of rotatable bonds is 6. The van der Waals surface area contributed by atoms with Gasteiger partial charge < -0.3 is 5.32 Å². The van der Waals surface area contributed by atoms with E-state index in [1.165, 1.54) is 12.1 Å². The lowest BCUT2D eigenvalue weighted by atomic mass is 10.3. The molecule has 0 unspecified atom stereocenters. The molecule has 0 aliphatic rings. The van der Waals surface area contributed by atoms with Crippen LogP contribution in [-0.4, -0.2) is 32.0 Å². The van der Waals surface area contributed by atoms with E-state index in [1.807, 2.05) is 24.6 Å². The normalized spacial score (nSPS) is 10.8. The van der Waals surface area contributed by atoms with Crippen LogP contribution in [-0.2, 0) is 6.54 Å². The van der Waals surface area contributed by atoms with Gasteiger partial charge in [-0.2, -0.15) is 10.2 Å². The fraction of sp³-hybridized carbons (Fsp3) is 0.278. The van der Waals surface area contributed by atoms with Gasteiger partial charge in [-0.3, -0.25) is 9.48 Å². The van der Waals surface area contributed by atoms with Crippen LogP contribution in [0.5, 0.6) is 0 Å². The largest absolute Gasteiger partial charge is 0.351 e. The molecule has 2 aromatic heterocycles. The molecule has 1 N–H and O–H groups in total. The fourth-order valence-corrected chi connectivity index (χ4v) is 2.61. The van der Waals surface area contributed by atoms with Crippen molar-refractivity contribution in [1.82, 2.24) is 24.9 Å². The van der Waals surface area contributed by atoms with Crippen LogP contribution in [0.3, 0.4) is 0 Å². The third-order valence-electron chi connectivity index (χ3n) is 3.85. The lowest BCUT2D eigenvalue weighted by Crippen LogP contribution is -2.26. The third kappa shape index (κ3) is 4.12. The number of hydrogen-bond donors (Lipinski definition) is 1. The van der Waals surface area contributed by atoms with Crippen LogP contribution >= 0.6 is 0 Å². The van der Waals surface area contributed by atoms with Crippen molar-refractivity contribution in [3.63, 3.8) is 0 Å².